The van der Waals surface area contributed by atoms with Gasteiger partial charge in [0.25, 0.3) is 0 Å². The number of rotatable bonds is 3. The molecule has 0 aromatic rings. The van der Waals surface area contributed by atoms with E-state index in [1.54, 1.807) is 0 Å². The van der Waals surface area contributed by atoms with Gasteiger partial charge in [-0.15, -0.1) is 0 Å². The molecule has 10 heavy (non-hydrogen) atoms. The SMILES string of the molecule is [O]C(CC=O)C1CCCC1. The fourth-order valence-corrected chi connectivity index (χ4v) is 1.62. The van der Waals surface area contributed by atoms with Gasteiger partial charge in [0.1, 0.15) is 12.4 Å². The van der Waals surface area contributed by atoms with Gasteiger partial charge in [0.15, 0.2) is 0 Å². The minimum atomic E-state index is -0.611. The Hall–Kier alpha value is -0.370. The van der Waals surface area contributed by atoms with Gasteiger partial charge in [0, 0.05) is 6.42 Å². The van der Waals surface area contributed by atoms with Crippen LogP contribution in [0.2, 0.25) is 0 Å². The minimum Gasteiger partial charge on any atom is -0.303 e. The fourth-order valence-electron chi connectivity index (χ4n) is 1.62. The van der Waals surface area contributed by atoms with Crippen LogP contribution in [-0.2, 0) is 9.90 Å². The van der Waals surface area contributed by atoms with E-state index >= 15 is 0 Å². The lowest BCUT2D eigenvalue weighted by Crippen LogP contribution is -2.15. The van der Waals surface area contributed by atoms with Crippen LogP contribution >= 0.6 is 0 Å². The summed E-state index contributed by atoms with van der Waals surface area (Å²) in [7, 11) is 0. The quantitative estimate of drug-likeness (QED) is 0.549. The zero-order chi connectivity index (χ0) is 7.40. The van der Waals surface area contributed by atoms with Crippen molar-refractivity contribution in [2.24, 2.45) is 5.92 Å². The first-order valence-corrected chi connectivity index (χ1v) is 3.94. The average molecular weight is 141 g/mol. The van der Waals surface area contributed by atoms with E-state index in [0.717, 1.165) is 19.1 Å². The van der Waals surface area contributed by atoms with Crippen molar-refractivity contribution < 1.29 is 9.90 Å². The number of aldehydes is 1. The first-order chi connectivity index (χ1) is 4.84. The first-order valence-electron chi connectivity index (χ1n) is 3.94. The molecule has 0 amide bonds. The van der Waals surface area contributed by atoms with E-state index < -0.39 is 6.10 Å². The highest BCUT2D eigenvalue weighted by Crippen LogP contribution is 2.28. The summed E-state index contributed by atoms with van der Waals surface area (Å²) in [6.07, 6.45) is 4.80. The molecular formula is C8H13O2. The van der Waals surface area contributed by atoms with Crippen LogP contribution in [0.15, 0.2) is 0 Å². The Morgan fingerprint density at radius 3 is 2.50 bits per heavy atom. The van der Waals surface area contributed by atoms with E-state index in [1.165, 1.54) is 12.8 Å². The molecule has 1 atom stereocenters. The van der Waals surface area contributed by atoms with E-state index in [-0.39, 0.29) is 6.42 Å². The van der Waals surface area contributed by atoms with Crippen LogP contribution in [0, 0.1) is 5.92 Å². The van der Waals surface area contributed by atoms with Crippen molar-refractivity contribution in [3.8, 4) is 0 Å². The molecule has 0 spiro atoms. The lowest BCUT2D eigenvalue weighted by atomic mass is 9.99. The van der Waals surface area contributed by atoms with Gasteiger partial charge in [-0.2, -0.15) is 0 Å². The normalized spacial score (nSPS) is 22.9. The molecule has 0 N–H and O–H groups in total. The predicted octanol–water partition coefficient (Wildman–Crippen LogP) is 1.56. The maximum Gasteiger partial charge on any atom is 0.122 e. The van der Waals surface area contributed by atoms with Crippen LogP contribution in [0.1, 0.15) is 32.1 Å². The van der Waals surface area contributed by atoms with Crippen molar-refractivity contribution in [2.45, 2.75) is 38.2 Å². The summed E-state index contributed by atoms with van der Waals surface area (Å²) in [5, 5.41) is 11.1. The topological polar surface area (TPSA) is 37.0 Å². The molecule has 0 heterocycles. The Kier molecular flexibility index (Phi) is 2.87. The third-order valence-electron chi connectivity index (χ3n) is 2.25. The molecule has 1 unspecified atom stereocenters. The van der Waals surface area contributed by atoms with E-state index in [4.69, 9.17) is 0 Å². The molecule has 1 aliphatic rings. The number of hydrogen-bond acceptors (Lipinski definition) is 1. The Morgan fingerprint density at radius 1 is 1.40 bits per heavy atom. The highest BCUT2D eigenvalue weighted by atomic mass is 16.3. The molecule has 1 fully saturated rings. The maximum atomic E-state index is 11.1. The molecule has 0 aliphatic heterocycles. The van der Waals surface area contributed by atoms with E-state index in [9.17, 15) is 9.90 Å². The number of carbonyl (C=O) groups excluding carboxylic acids is 1. The van der Waals surface area contributed by atoms with E-state index in [0.29, 0.717) is 5.92 Å². The standard InChI is InChI=1S/C8H13O2/c9-6-5-8(10)7-3-1-2-4-7/h6-8H,1-5H2. The molecule has 1 saturated carbocycles. The van der Waals surface area contributed by atoms with E-state index in [2.05, 4.69) is 0 Å². The molecule has 0 aromatic heterocycles. The first kappa shape index (κ1) is 7.73. The maximum absolute atomic E-state index is 11.1. The van der Waals surface area contributed by atoms with Crippen molar-refractivity contribution >= 4 is 6.29 Å². The van der Waals surface area contributed by atoms with Crippen molar-refractivity contribution in [3.05, 3.63) is 0 Å². The Balaban J connectivity index is 2.24. The van der Waals surface area contributed by atoms with Crippen LogP contribution in [0.5, 0.6) is 0 Å². The molecule has 2 heteroatoms. The Labute approximate surface area is 61.2 Å². The van der Waals surface area contributed by atoms with Gasteiger partial charge in [-0.05, 0) is 18.8 Å². The Bertz CT molecular complexity index is 106. The molecule has 57 valence electrons. The summed E-state index contributed by atoms with van der Waals surface area (Å²) in [4.78, 5) is 9.97. The molecule has 2 nitrogen and oxygen atoms in total. The largest absolute Gasteiger partial charge is 0.303 e. The van der Waals surface area contributed by atoms with Crippen LogP contribution in [-0.4, -0.2) is 12.4 Å². The minimum absolute atomic E-state index is 0.213. The van der Waals surface area contributed by atoms with Crippen LogP contribution in [0.3, 0.4) is 0 Å². The molecule has 0 bridgehead atoms. The molecule has 0 saturated heterocycles. The summed E-state index contributed by atoms with van der Waals surface area (Å²) in [6.45, 7) is 0. The van der Waals surface area contributed by atoms with Crippen LogP contribution < -0.4 is 0 Å². The highest BCUT2D eigenvalue weighted by molar-refractivity contribution is 5.50. The molecular weight excluding hydrogens is 128 g/mol. The van der Waals surface area contributed by atoms with Gasteiger partial charge in [0.2, 0.25) is 0 Å². The average Bonchev–Trinajstić information content (AvgIpc) is 2.38. The van der Waals surface area contributed by atoms with Gasteiger partial charge >= 0.3 is 0 Å². The van der Waals surface area contributed by atoms with Crippen LogP contribution in [0.4, 0.5) is 0 Å². The number of hydrogen-bond donors (Lipinski definition) is 0. The van der Waals surface area contributed by atoms with Crippen molar-refractivity contribution in [3.63, 3.8) is 0 Å². The third-order valence-corrected chi connectivity index (χ3v) is 2.25. The predicted molar refractivity (Wildman–Crippen MR) is 37.1 cm³/mol. The molecule has 0 aromatic carbocycles. The van der Waals surface area contributed by atoms with Crippen molar-refractivity contribution in [2.75, 3.05) is 0 Å². The smallest absolute Gasteiger partial charge is 0.122 e. The summed E-state index contributed by atoms with van der Waals surface area (Å²) in [5.41, 5.74) is 0. The second-order valence-corrected chi connectivity index (χ2v) is 2.99. The van der Waals surface area contributed by atoms with Crippen LogP contribution in [0.25, 0.3) is 0 Å². The summed E-state index contributed by atoms with van der Waals surface area (Å²) < 4.78 is 0. The summed E-state index contributed by atoms with van der Waals surface area (Å²) in [6, 6.07) is 0. The lowest BCUT2D eigenvalue weighted by Gasteiger charge is -2.11. The Morgan fingerprint density at radius 2 is 2.00 bits per heavy atom. The van der Waals surface area contributed by atoms with Gasteiger partial charge in [-0.25, -0.2) is 5.11 Å². The number of carbonyl (C=O) groups is 1. The second kappa shape index (κ2) is 3.71. The molecule has 1 rings (SSSR count). The fraction of sp³-hybridized carbons (Fsp3) is 0.875. The van der Waals surface area contributed by atoms with Gasteiger partial charge in [0.05, 0.1) is 0 Å². The van der Waals surface area contributed by atoms with Gasteiger partial charge < -0.3 is 4.79 Å². The summed E-state index contributed by atoms with van der Waals surface area (Å²) in [5.74, 6) is 0.296. The van der Waals surface area contributed by atoms with Crippen molar-refractivity contribution in [1.29, 1.82) is 0 Å². The lowest BCUT2D eigenvalue weighted by molar-refractivity contribution is -0.111. The zero-order valence-electron chi connectivity index (χ0n) is 6.08. The van der Waals surface area contributed by atoms with Gasteiger partial charge in [-0.1, -0.05) is 12.8 Å². The van der Waals surface area contributed by atoms with Gasteiger partial charge in [-0.3, -0.25) is 0 Å². The highest BCUT2D eigenvalue weighted by Gasteiger charge is 2.23. The zero-order valence-corrected chi connectivity index (χ0v) is 6.08. The van der Waals surface area contributed by atoms with E-state index in [1.807, 2.05) is 0 Å². The molecule has 1 radical (unpaired) electrons. The second-order valence-electron chi connectivity index (χ2n) is 2.99. The van der Waals surface area contributed by atoms with Crippen molar-refractivity contribution in [1.82, 2.24) is 0 Å². The monoisotopic (exact) mass is 141 g/mol. The summed E-state index contributed by atoms with van der Waals surface area (Å²) >= 11 is 0. The third kappa shape index (κ3) is 1.81. The molecule has 1 aliphatic carbocycles.